The Morgan fingerprint density at radius 3 is 2.15 bits per heavy atom. The maximum absolute atomic E-state index is 12.8. The number of primary amides is 1. The first-order valence-electron chi connectivity index (χ1n) is 10.7. The van der Waals surface area contributed by atoms with Gasteiger partial charge in [0.25, 0.3) is 0 Å². The number of aliphatic carboxylic acids is 1. The number of amides is 4. The van der Waals surface area contributed by atoms with E-state index in [1.165, 1.54) is 19.4 Å². The molecule has 6 unspecified atom stereocenters. The normalized spacial score (nSPS) is 16.3. The fraction of sp³-hybridized carbons (Fsp3) is 0.600. The van der Waals surface area contributed by atoms with Gasteiger partial charge in [-0.25, -0.2) is 9.78 Å². The van der Waals surface area contributed by atoms with Crippen molar-refractivity contribution in [2.24, 2.45) is 17.4 Å². The summed E-state index contributed by atoms with van der Waals surface area (Å²) in [5, 5.41) is 26.2. The number of carbonyl (C=O) groups excluding carboxylic acids is 4. The van der Waals surface area contributed by atoms with E-state index in [1.54, 1.807) is 6.92 Å². The van der Waals surface area contributed by atoms with Crippen LogP contribution in [0.3, 0.4) is 0 Å². The highest BCUT2D eigenvalue weighted by Crippen LogP contribution is 2.07. The monoisotopic (exact) mass is 483 g/mol. The van der Waals surface area contributed by atoms with Gasteiger partial charge in [-0.3, -0.25) is 19.2 Å². The van der Waals surface area contributed by atoms with E-state index in [0.717, 1.165) is 0 Å². The van der Waals surface area contributed by atoms with Gasteiger partial charge in [-0.05, 0) is 12.8 Å². The van der Waals surface area contributed by atoms with Crippen LogP contribution in [0.5, 0.6) is 0 Å². The molecule has 6 atom stereocenters. The standard InChI is InChI=1S/C20H33N7O7/c1-4-9(2)15(22)18(31)27-16(10(3)28)19(32)25-12(6-14(21)29)17(30)26-13(20(33)34)5-11-7-23-8-24-11/h7-10,12-13,15-16,28H,4-6,22H2,1-3H3,(H2,21,29)(H,23,24)(H,25,32)(H,26,30)(H,27,31)(H,33,34). The molecule has 0 bridgehead atoms. The lowest BCUT2D eigenvalue weighted by Crippen LogP contribution is -2.60. The maximum atomic E-state index is 12.8. The van der Waals surface area contributed by atoms with Gasteiger partial charge in [-0.1, -0.05) is 20.3 Å². The molecule has 1 rings (SSSR count). The number of carboxylic acid groups (broad SMARTS) is 1. The summed E-state index contributed by atoms with van der Waals surface area (Å²) in [6, 6.07) is -5.40. The molecule has 0 aromatic carbocycles. The van der Waals surface area contributed by atoms with Gasteiger partial charge in [0, 0.05) is 18.3 Å². The number of aromatic nitrogens is 2. The lowest BCUT2D eigenvalue weighted by atomic mass is 9.98. The number of nitrogens with zero attached hydrogens (tertiary/aromatic N) is 1. The molecule has 0 aliphatic heterocycles. The number of carboxylic acids is 1. The van der Waals surface area contributed by atoms with Crippen LogP contribution >= 0.6 is 0 Å². The molecule has 34 heavy (non-hydrogen) atoms. The Labute approximate surface area is 196 Å². The van der Waals surface area contributed by atoms with Crippen molar-refractivity contribution in [1.82, 2.24) is 25.9 Å². The highest BCUT2D eigenvalue weighted by molar-refractivity contribution is 5.96. The molecule has 0 saturated carbocycles. The minimum absolute atomic E-state index is 0.141. The molecular weight excluding hydrogens is 450 g/mol. The van der Waals surface area contributed by atoms with Crippen LogP contribution in [0.4, 0.5) is 0 Å². The molecule has 0 fully saturated rings. The average molecular weight is 484 g/mol. The number of hydrogen-bond donors (Lipinski definition) is 8. The number of aromatic amines is 1. The van der Waals surface area contributed by atoms with Crippen molar-refractivity contribution in [2.75, 3.05) is 0 Å². The van der Waals surface area contributed by atoms with Gasteiger partial charge < -0.3 is 42.6 Å². The van der Waals surface area contributed by atoms with Gasteiger partial charge in [0.1, 0.15) is 18.1 Å². The van der Waals surface area contributed by atoms with Crippen LogP contribution in [0.15, 0.2) is 12.5 Å². The van der Waals surface area contributed by atoms with E-state index in [2.05, 4.69) is 25.9 Å². The first kappa shape index (κ1) is 28.5. The first-order chi connectivity index (χ1) is 15.9. The van der Waals surface area contributed by atoms with Gasteiger partial charge in [0.05, 0.1) is 24.9 Å². The second-order valence-corrected chi connectivity index (χ2v) is 8.05. The highest BCUT2D eigenvalue weighted by Gasteiger charge is 2.33. The Kier molecular flexibility index (Phi) is 11.1. The van der Waals surface area contributed by atoms with Crippen LogP contribution in [0.25, 0.3) is 0 Å². The average Bonchev–Trinajstić information content (AvgIpc) is 3.27. The van der Waals surface area contributed by atoms with Gasteiger partial charge >= 0.3 is 5.97 Å². The van der Waals surface area contributed by atoms with E-state index < -0.39 is 66.3 Å². The van der Waals surface area contributed by atoms with E-state index >= 15 is 0 Å². The van der Waals surface area contributed by atoms with Crippen molar-refractivity contribution in [1.29, 1.82) is 0 Å². The van der Waals surface area contributed by atoms with E-state index in [-0.39, 0.29) is 12.3 Å². The Morgan fingerprint density at radius 1 is 1.06 bits per heavy atom. The van der Waals surface area contributed by atoms with Crippen LogP contribution in [0.2, 0.25) is 0 Å². The highest BCUT2D eigenvalue weighted by atomic mass is 16.4. The molecule has 14 heteroatoms. The van der Waals surface area contributed by atoms with E-state index in [1.807, 2.05) is 6.92 Å². The van der Waals surface area contributed by atoms with Crippen molar-refractivity contribution in [3.8, 4) is 0 Å². The zero-order valence-electron chi connectivity index (χ0n) is 19.3. The first-order valence-corrected chi connectivity index (χ1v) is 10.7. The van der Waals surface area contributed by atoms with Crippen molar-refractivity contribution >= 4 is 29.6 Å². The molecule has 0 aliphatic rings. The molecule has 14 nitrogen and oxygen atoms in total. The van der Waals surface area contributed by atoms with Gasteiger partial charge in [0.2, 0.25) is 23.6 Å². The molecule has 1 aromatic rings. The topological polar surface area (TPSA) is 243 Å². The number of H-pyrrole nitrogens is 1. The second-order valence-electron chi connectivity index (χ2n) is 8.05. The summed E-state index contributed by atoms with van der Waals surface area (Å²) >= 11 is 0. The smallest absolute Gasteiger partial charge is 0.326 e. The minimum Gasteiger partial charge on any atom is -0.480 e. The molecule has 0 aliphatic carbocycles. The lowest BCUT2D eigenvalue weighted by molar-refractivity contribution is -0.142. The number of nitrogens with two attached hydrogens (primary N) is 2. The molecule has 0 spiro atoms. The predicted molar refractivity (Wildman–Crippen MR) is 119 cm³/mol. The molecule has 0 saturated heterocycles. The fourth-order valence-corrected chi connectivity index (χ4v) is 2.93. The molecule has 0 radical (unpaired) electrons. The maximum Gasteiger partial charge on any atom is 0.326 e. The van der Waals surface area contributed by atoms with E-state index in [9.17, 15) is 34.2 Å². The van der Waals surface area contributed by atoms with Crippen LogP contribution in [-0.4, -0.2) is 80.1 Å². The summed E-state index contributed by atoms with van der Waals surface area (Å²) in [6.45, 7) is 4.82. The van der Waals surface area contributed by atoms with Gasteiger partial charge in [-0.2, -0.15) is 0 Å². The number of carbonyl (C=O) groups is 5. The number of aliphatic hydroxyl groups is 1. The number of aliphatic hydroxyl groups excluding tert-OH is 1. The van der Waals surface area contributed by atoms with Crippen molar-refractivity contribution in [2.45, 2.75) is 70.3 Å². The summed E-state index contributed by atoms with van der Waals surface area (Å²) in [4.78, 5) is 67.4. The summed E-state index contributed by atoms with van der Waals surface area (Å²) in [5.41, 5.74) is 11.5. The van der Waals surface area contributed by atoms with Crippen LogP contribution in [-0.2, 0) is 30.4 Å². The Morgan fingerprint density at radius 2 is 1.68 bits per heavy atom. The van der Waals surface area contributed by atoms with E-state index in [4.69, 9.17) is 11.5 Å². The van der Waals surface area contributed by atoms with Crippen molar-refractivity contribution in [3.05, 3.63) is 18.2 Å². The zero-order chi connectivity index (χ0) is 26.0. The molecular formula is C20H33N7O7. The van der Waals surface area contributed by atoms with Gasteiger partial charge in [-0.15, -0.1) is 0 Å². The molecule has 10 N–H and O–H groups in total. The fourth-order valence-electron chi connectivity index (χ4n) is 2.93. The lowest BCUT2D eigenvalue weighted by Gasteiger charge is -2.27. The van der Waals surface area contributed by atoms with Crippen LogP contribution in [0, 0.1) is 5.92 Å². The van der Waals surface area contributed by atoms with Crippen molar-refractivity contribution in [3.63, 3.8) is 0 Å². The zero-order valence-corrected chi connectivity index (χ0v) is 19.3. The van der Waals surface area contributed by atoms with E-state index in [0.29, 0.717) is 12.1 Å². The second kappa shape index (κ2) is 13.3. The summed E-state index contributed by atoms with van der Waals surface area (Å²) in [5.74, 6) is -5.17. The van der Waals surface area contributed by atoms with Crippen LogP contribution in [0.1, 0.15) is 39.3 Å². The Hall–Kier alpha value is -3.52. The third-order valence-electron chi connectivity index (χ3n) is 5.25. The SMILES string of the molecule is CCC(C)C(N)C(=O)NC(C(=O)NC(CC(N)=O)C(=O)NC(Cc1cnc[nH]1)C(=O)O)C(C)O. The third kappa shape index (κ3) is 8.78. The molecule has 4 amide bonds. The van der Waals surface area contributed by atoms with Crippen molar-refractivity contribution < 1.29 is 34.2 Å². The summed E-state index contributed by atoms with van der Waals surface area (Å²) in [7, 11) is 0. The Balaban J connectivity index is 2.97. The molecule has 190 valence electrons. The molecule has 1 aromatic heterocycles. The largest absolute Gasteiger partial charge is 0.480 e. The summed E-state index contributed by atoms with van der Waals surface area (Å²) < 4.78 is 0. The summed E-state index contributed by atoms with van der Waals surface area (Å²) in [6.07, 6.45) is 1.15. The number of nitrogens with one attached hydrogen (secondary N) is 4. The number of rotatable bonds is 14. The number of hydrogen-bond acceptors (Lipinski definition) is 8. The predicted octanol–water partition coefficient (Wildman–Crippen LogP) is -2.88. The quantitative estimate of drug-likeness (QED) is 0.135. The van der Waals surface area contributed by atoms with Crippen LogP contribution < -0.4 is 27.4 Å². The van der Waals surface area contributed by atoms with Gasteiger partial charge in [0.15, 0.2) is 0 Å². The number of imidazole rings is 1. The third-order valence-corrected chi connectivity index (χ3v) is 5.25. The molecule has 1 heterocycles. The Bertz CT molecular complexity index is 859. The minimum atomic E-state index is -1.56.